The van der Waals surface area contributed by atoms with E-state index in [1.165, 1.54) is 22.0 Å². The van der Waals surface area contributed by atoms with Crippen molar-refractivity contribution >= 4 is 17.7 Å². The number of nitrogens with zero attached hydrogens (tertiary/aromatic N) is 3. The van der Waals surface area contributed by atoms with Crippen molar-refractivity contribution < 1.29 is 14.3 Å². The third-order valence-corrected chi connectivity index (χ3v) is 5.25. The lowest BCUT2D eigenvalue weighted by molar-refractivity contribution is -0.119. The van der Waals surface area contributed by atoms with Crippen LogP contribution in [0, 0.1) is 13.8 Å². The Morgan fingerprint density at radius 1 is 1.44 bits per heavy atom. The maximum Gasteiger partial charge on any atom is 0.230 e. The fourth-order valence-corrected chi connectivity index (χ4v) is 3.53. The summed E-state index contributed by atoms with van der Waals surface area (Å²) in [5.74, 6) is 7.45. The molecule has 1 amide bonds. The van der Waals surface area contributed by atoms with E-state index in [2.05, 4.69) is 21.6 Å². The molecular weight excluding hydrogens is 366 g/mol. The number of hydrogen-bond donors (Lipinski definition) is 2. The van der Waals surface area contributed by atoms with Gasteiger partial charge in [-0.3, -0.25) is 4.79 Å². The predicted molar refractivity (Wildman–Crippen MR) is 103 cm³/mol. The molecule has 3 rings (SSSR count). The number of amides is 1. The highest BCUT2D eigenvalue weighted by molar-refractivity contribution is 7.99. The molecule has 0 unspecified atom stereocenters. The summed E-state index contributed by atoms with van der Waals surface area (Å²) in [6.45, 7) is 5.56. The number of nitrogens with one attached hydrogen (secondary N) is 1. The summed E-state index contributed by atoms with van der Waals surface area (Å²) in [6, 6.07) is 5.97. The molecule has 1 aliphatic rings. The number of benzene rings is 1. The van der Waals surface area contributed by atoms with E-state index in [0.29, 0.717) is 17.5 Å². The van der Waals surface area contributed by atoms with Crippen LogP contribution in [0.3, 0.4) is 0 Å². The normalized spacial score (nSPS) is 16.4. The highest BCUT2D eigenvalue weighted by Crippen LogP contribution is 2.20. The summed E-state index contributed by atoms with van der Waals surface area (Å²) in [6.07, 6.45) is 2.18. The molecule has 146 valence electrons. The Labute approximate surface area is 162 Å². The zero-order chi connectivity index (χ0) is 19.2. The summed E-state index contributed by atoms with van der Waals surface area (Å²) in [5.41, 5.74) is 2.23. The van der Waals surface area contributed by atoms with Crippen molar-refractivity contribution in [3.8, 4) is 5.75 Å². The summed E-state index contributed by atoms with van der Waals surface area (Å²) < 4.78 is 12.6. The van der Waals surface area contributed by atoms with E-state index in [4.69, 9.17) is 15.3 Å². The molecule has 1 fully saturated rings. The highest BCUT2D eigenvalue weighted by Gasteiger charge is 2.17. The minimum Gasteiger partial charge on any atom is -0.485 e. The standard InChI is InChI=1S/C18H25N5O3S/c1-12-5-6-15(13(2)8-12)26-10-16-21-22-18(23(16)19)27-11-17(24)20-9-14-4-3-7-25-14/h5-6,8,14H,3-4,7,9-11,19H2,1-2H3,(H,20,24)/t14-/m1/s1. The number of hydrogen-bond acceptors (Lipinski definition) is 7. The van der Waals surface area contributed by atoms with Crippen LogP contribution in [0.2, 0.25) is 0 Å². The molecule has 3 N–H and O–H groups in total. The Hall–Kier alpha value is -2.26. The lowest BCUT2D eigenvalue weighted by Gasteiger charge is -2.10. The van der Waals surface area contributed by atoms with Crippen LogP contribution in [-0.4, -0.2) is 45.8 Å². The maximum atomic E-state index is 12.0. The van der Waals surface area contributed by atoms with Gasteiger partial charge in [-0.05, 0) is 38.3 Å². The monoisotopic (exact) mass is 391 g/mol. The predicted octanol–water partition coefficient (Wildman–Crippen LogP) is 1.58. The van der Waals surface area contributed by atoms with Crippen LogP contribution in [0.4, 0.5) is 0 Å². The molecule has 0 bridgehead atoms. The van der Waals surface area contributed by atoms with E-state index >= 15 is 0 Å². The average Bonchev–Trinajstić information content (AvgIpc) is 3.28. The van der Waals surface area contributed by atoms with Gasteiger partial charge in [0.05, 0.1) is 11.9 Å². The zero-order valence-corrected chi connectivity index (χ0v) is 16.4. The van der Waals surface area contributed by atoms with Crippen LogP contribution in [0.1, 0.15) is 29.8 Å². The Balaban J connectivity index is 1.47. The van der Waals surface area contributed by atoms with Crippen LogP contribution in [-0.2, 0) is 16.1 Å². The summed E-state index contributed by atoms with van der Waals surface area (Å²) in [4.78, 5) is 12.0. The summed E-state index contributed by atoms with van der Waals surface area (Å²) in [5, 5.41) is 11.4. The Morgan fingerprint density at radius 2 is 2.30 bits per heavy atom. The number of thioether (sulfide) groups is 1. The first-order valence-electron chi connectivity index (χ1n) is 8.93. The molecule has 0 radical (unpaired) electrons. The molecule has 0 saturated carbocycles. The van der Waals surface area contributed by atoms with E-state index in [-0.39, 0.29) is 24.4 Å². The average molecular weight is 391 g/mol. The number of carbonyl (C=O) groups is 1. The van der Waals surface area contributed by atoms with Crippen LogP contribution >= 0.6 is 11.8 Å². The molecule has 2 aromatic rings. The van der Waals surface area contributed by atoms with Crippen molar-refractivity contribution in [2.75, 3.05) is 24.7 Å². The van der Waals surface area contributed by atoms with E-state index in [1.54, 1.807) is 0 Å². The van der Waals surface area contributed by atoms with Crippen LogP contribution in [0.25, 0.3) is 0 Å². The van der Waals surface area contributed by atoms with Crippen LogP contribution < -0.4 is 15.9 Å². The van der Waals surface area contributed by atoms with Crippen molar-refractivity contribution in [3.63, 3.8) is 0 Å². The van der Waals surface area contributed by atoms with E-state index in [0.717, 1.165) is 30.8 Å². The van der Waals surface area contributed by atoms with Gasteiger partial charge in [0.15, 0.2) is 5.82 Å². The number of rotatable bonds is 8. The van der Waals surface area contributed by atoms with Crippen molar-refractivity contribution in [2.24, 2.45) is 0 Å². The van der Waals surface area contributed by atoms with Gasteiger partial charge in [-0.2, -0.15) is 0 Å². The van der Waals surface area contributed by atoms with Gasteiger partial charge in [0.25, 0.3) is 0 Å². The number of aromatic nitrogens is 3. The van der Waals surface area contributed by atoms with Gasteiger partial charge in [-0.1, -0.05) is 29.5 Å². The van der Waals surface area contributed by atoms with Gasteiger partial charge in [-0.25, -0.2) is 4.68 Å². The Bertz CT molecular complexity index is 789. The van der Waals surface area contributed by atoms with Crippen molar-refractivity contribution in [2.45, 2.75) is 44.6 Å². The molecule has 8 nitrogen and oxygen atoms in total. The lowest BCUT2D eigenvalue weighted by atomic mass is 10.1. The fourth-order valence-electron chi connectivity index (χ4n) is 2.82. The number of nitrogens with two attached hydrogens (primary N) is 1. The smallest absolute Gasteiger partial charge is 0.230 e. The van der Waals surface area contributed by atoms with Gasteiger partial charge in [0.1, 0.15) is 12.4 Å². The Kier molecular flexibility index (Phi) is 6.57. The first-order valence-corrected chi connectivity index (χ1v) is 9.92. The molecule has 0 spiro atoms. The van der Waals surface area contributed by atoms with Gasteiger partial charge < -0.3 is 20.6 Å². The van der Waals surface area contributed by atoms with Crippen LogP contribution in [0.5, 0.6) is 5.75 Å². The fraction of sp³-hybridized carbons (Fsp3) is 0.500. The topological polar surface area (TPSA) is 104 Å². The van der Waals surface area contributed by atoms with E-state index < -0.39 is 0 Å². The zero-order valence-electron chi connectivity index (χ0n) is 15.6. The molecular formula is C18H25N5O3S. The van der Waals surface area contributed by atoms with Gasteiger partial charge >= 0.3 is 0 Å². The second-order valence-electron chi connectivity index (χ2n) is 6.55. The second-order valence-corrected chi connectivity index (χ2v) is 7.50. The lowest BCUT2D eigenvalue weighted by Crippen LogP contribution is -2.33. The number of ether oxygens (including phenoxy) is 2. The molecule has 27 heavy (non-hydrogen) atoms. The molecule has 1 aromatic heterocycles. The quantitative estimate of drug-likeness (QED) is 0.520. The third kappa shape index (κ3) is 5.36. The number of nitrogen functional groups attached to an aromatic ring is 1. The Morgan fingerprint density at radius 3 is 3.04 bits per heavy atom. The number of carbonyl (C=O) groups excluding carboxylic acids is 1. The van der Waals surface area contributed by atoms with E-state index in [9.17, 15) is 4.79 Å². The minimum absolute atomic E-state index is 0.0772. The third-order valence-electron chi connectivity index (χ3n) is 4.31. The molecule has 0 aliphatic carbocycles. The van der Waals surface area contributed by atoms with Crippen molar-refractivity contribution in [3.05, 3.63) is 35.2 Å². The second kappa shape index (κ2) is 9.09. The molecule has 1 saturated heterocycles. The van der Waals surface area contributed by atoms with Crippen molar-refractivity contribution in [1.29, 1.82) is 0 Å². The molecule has 1 atom stereocenters. The molecule has 9 heteroatoms. The molecule has 1 aromatic carbocycles. The van der Waals surface area contributed by atoms with Gasteiger partial charge in [-0.15, -0.1) is 10.2 Å². The number of aryl methyl sites for hydroxylation is 2. The summed E-state index contributed by atoms with van der Waals surface area (Å²) in [7, 11) is 0. The van der Waals surface area contributed by atoms with Crippen molar-refractivity contribution in [1.82, 2.24) is 20.2 Å². The van der Waals surface area contributed by atoms with Gasteiger partial charge in [0.2, 0.25) is 11.1 Å². The summed E-state index contributed by atoms with van der Waals surface area (Å²) >= 11 is 1.24. The highest BCUT2D eigenvalue weighted by atomic mass is 32.2. The minimum atomic E-state index is -0.0772. The molecule has 1 aliphatic heterocycles. The molecule has 2 heterocycles. The van der Waals surface area contributed by atoms with E-state index in [1.807, 2.05) is 26.0 Å². The largest absolute Gasteiger partial charge is 0.485 e. The van der Waals surface area contributed by atoms with Gasteiger partial charge in [0, 0.05) is 13.2 Å². The van der Waals surface area contributed by atoms with Crippen LogP contribution in [0.15, 0.2) is 23.4 Å². The maximum absolute atomic E-state index is 12.0. The first kappa shape index (κ1) is 19.5. The SMILES string of the molecule is Cc1ccc(OCc2nnc(SCC(=O)NC[C@H]3CCCO3)n2N)c(C)c1. The first-order chi connectivity index (χ1) is 13.0.